The maximum Gasteiger partial charge on any atom is 0.522 e. The van der Waals surface area contributed by atoms with Gasteiger partial charge in [-0.05, 0) is 0 Å². The number of nitrogens with zero attached hydrogens (tertiary/aromatic N) is 1. The summed E-state index contributed by atoms with van der Waals surface area (Å²) in [7, 11) is -5.84. The summed E-state index contributed by atoms with van der Waals surface area (Å²) in [6.07, 6.45) is 0. The molecule has 0 heterocycles. The first-order chi connectivity index (χ1) is 4.66. The molecule has 0 bridgehead atoms. The quantitative estimate of drug-likeness (QED) is 0.199. The van der Waals surface area contributed by atoms with Crippen molar-refractivity contribution in [2.24, 2.45) is 0 Å². The third-order valence-corrected chi connectivity index (χ3v) is 0.877. The molecule has 0 fully saturated rings. The summed E-state index contributed by atoms with van der Waals surface area (Å²) in [6.45, 7) is 0. The Balaban J connectivity index is -0.000000177. The Morgan fingerprint density at radius 1 is 1.25 bits per heavy atom. The Labute approximate surface area is 80.4 Å². The van der Waals surface area contributed by atoms with Crippen molar-refractivity contribution in [1.29, 1.82) is 11.1 Å². The Morgan fingerprint density at radius 2 is 1.33 bits per heavy atom. The van der Waals surface area contributed by atoms with Crippen LogP contribution in [0, 0.1) is 11.1 Å². The van der Waals surface area contributed by atoms with Crippen molar-refractivity contribution in [2.75, 3.05) is 0 Å². The smallest absolute Gasteiger partial charge is 0.279 e. The summed E-state index contributed by atoms with van der Waals surface area (Å²) in [5.74, 6) is 0. The van der Waals surface area contributed by atoms with Crippen LogP contribution < -0.4 is 4.91 Å². The standard InChI is InChI=1S/CHF3O3S.Ag.H2N3/c2-1(3,4)8(5,6)7;;1-3-2/h(H,5,6,7);;1-2H/q;;+1. The summed E-state index contributed by atoms with van der Waals surface area (Å²) in [5, 5.41) is 0. The molecule has 0 aliphatic heterocycles. The molecule has 0 spiro atoms. The van der Waals surface area contributed by atoms with Gasteiger partial charge in [-0.3, -0.25) is 4.55 Å². The van der Waals surface area contributed by atoms with Gasteiger partial charge in [0.1, 0.15) is 11.1 Å². The van der Waals surface area contributed by atoms with Crippen LogP contribution >= 0.6 is 0 Å². The fraction of sp³-hybridized carbons (Fsp3) is 1.00. The molecule has 0 aromatic heterocycles. The minimum absolute atomic E-state index is 0. The average molecular weight is 302 g/mol. The van der Waals surface area contributed by atoms with Crippen LogP contribution in [0.5, 0.6) is 0 Å². The van der Waals surface area contributed by atoms with E-state index in [2.05, 4.69) is 0 Å². The number of halogens is 3. The van der Waals surface area contributed by atoms with Gasteiger partial charge < -0.3 is 0 Å². The van der Waals surface area contributed by atoms with Gasteiger partial charge in [-0.1, -0.05) is 0 Å². The second-order valence-corrected chi connectivity index (χ2v) is 2.45. The predicted octanol–water partition coefficient (Wildman–Crippen LogP) is 0.507. The van der Waals surface area contributed by atoms with Gasteiger partial charge in [-0.15, -0.1) is 0 Å². The molecule has 0 aliphatic carbocycles. The van der Waals surface area contributed by atoms with Crippen LogP contribution in [0.15, 0.2) is 0 Å². The summed E-state index contributed by atoms with van der Waals surface area (Å²) >= 11 is 0. The minimum atomic E-state index is -5.84. The Hall–Kier alpha value is -0.250. The first kappa shape index (κ1) is 17.7. The van der Waals surface area contributed by atoms with E-state index < -0.39 is 15.6 Å². The van der Waals surface area contributed by atoms with Crippen LogP contribution in [-0.2, 0) is 32.5 Å². The number of hydrogen-bond acceptors (Lipinski definition) is 4. The molecule has 0 aromatic rings. The molecule has 0 atom stereocenters. The van der Waals surface area contributed by atoms with Crippen LogP contribution in [0.1, 0.15) is 0 Å². The van der Waals surface area contributed by atoms with Gasteiger partial charge in [0.25, 0.3) is 0 Å². The van der Waals surface area contributed by atoms with E-state index in [0.717, 1.165) is 0 Å². The third-order valence-electron chi connectivity index (χ3n) is 0.292. The van der Waals surface area contributed by atoms with Crippen molar-refractivity contribution in [3.63, 3.8) is 0 Å². The van der Waals surface area contributed by atoms with Crippen LogP contribution in [0.4, 0.5) is 13.2 Å². The molecule has 0 aromatic carbocycles. The first-order valence-electron chi connectivity index (χ1n) is 1.73. The molecule has 77 valence electrons. The van der Waals surface area contributed by atoms with Gasteiger partial charge in [-0.25, -0.2) is 0 Å². The molecule has 0 saturated heterocycles. The maximum absolute atomic E-state index is 10.7. The maximum atomic E-state index is 10.7. The topological polar surface area (TPSA) is 116 Å². The average Bonchev–Trinajstić information content (AvgIpc) is 1.60. The van der Waals surface area contributed by atoms with Gasteiger partial charge in [0, 0.05) is 22.4 Å². The molecular weight excluding hydrogens is 299 g/mol. The molecule has 11 heteroatoms. The number of nitrogens with one attached hydrogen (secondary N) is 2. The Bertz CT molecular complexity index is 240. The second kappa shape index (κ2) is 6.29. The van der Waals surface area contributed by atoms with E-state index in [4.69, 9.17) is 24.0 Å². The van der Waals surface area contributed by atoms with Crippen molar-refractivity contribution >= 4 is 10.1 Å². The molecular formula is CH3AgF3N3O3S+. The van der Waals surface area contributed by atoms with Gasteiger partial charge in [0.2, 0.25) is 4.91 Å². The molecule has 0 unspecified atom stereocenters. The van der Waals surface area contributed by atoms with Gasteiger partial charge in [0.15, 0.2) is 0 Å². The van der Waals surface area contributed by atoms with E-state index in [0.29, 0.717) is 0 Å². The van der Waals surface area contributed by atoms with E-state index in [9.17, 15) is 13.2 Å². The summed E-state index contributed by atoms with van der Waals surface area (Å²) in [6, 6.07) is 0. The van der Waals surface area contributed by atoms with Gasteiger partial charge in [-0.2, -0.15) is 21.6 Å². The predicted molar refractivity (Wildman–Crippen MR) is 25.2 cm³/mol. The van der Waals surface area contributed by atoms with Crippen molar-refractivity contribution < 1.29 is 48.5 Å². The first-order valence-corrected chi connectivity index (χ1v) is 3.17. The molecule has 0 aliphatic rings. The van der Waals surface area contributed by atoms with Crippen molar-refractivity contribution in [1.82, 2.24) is 4.91 Å². The fourth-order valence-electron chi connectivity index (χ4n) is 0. The molecule has 3 N–H and O–H groups in total. The summed E-state index contributed by atoms with van der Waals surface area (Å²) in [5.41, 5.74) is 5.47. The summed E-state index contributed by atoms with van der Waals surface area (Å²) < 4.78 is 57.5. The second-order valence-electron chi connectivity index (χ2n) is 1.03. The molecule has 1 radical (unpaired) electrons. The monoisotopic (exact) mass is 301 g/mol. The molecule has 12 heavy (non-hydrogen) atoms. The van der Waals surface area contributed by atoms with E-state index >= 15 is 0 Å². The fourth-order valence-corrected chi connectivity index (χ4v) is 0. The summed E-state index contributed by atoms with van der Waals surface area (Å²) in [4.78, 5) is 2.00. The minimum Gasteiger partial charge on any atom is -0.279 e. The van der Waals surface area contributed by atoms with Crippen LogP contribution in [0.25, 0.3) is 0 Å². The van der Waals surface area contributed by atoms with Crippen molar-refractivity contribution in [3.05, 3.63) is 0 Å². The largest absolute Gasteiger partial charge is 0.522 e. The van der Waals surface area contributed by atoms with E-state index in [1.807, 2.05) is 4.91 Å². The van der Waals surface area contributed by atoms with Crippen LogP contribution in [-0.4, -0.2) is 18.5 Å². The number of hydrogen-bond donors (Lipinski definition) is 3. The van der Waals surface area contributed by atoms with Gasteiger partial charge in [0.05, 0.1) is 0 Å². The van der Waals surface area contributed by atoms with Crippen molar-refractivity contribution in [3.8, 4) is 0 Å². The molecule has 0 rings (SSSR count). The van der Waals surface area contributed by atoms with Crippen LogP contribution in [0.2, 0.25) is 0 Å². The van der Waals surface area contributed by atoms with E-state index in [1.165, 1.54) is 0 Å². The molecule has 0 amide bonds. The van der Waals surface area contributed by atoms with Crippen LogP contribution in [0.3, 0.4) is 0 Å². The third kappa shape index (κ3) is 9.75. The SMILES string of the molecule is N=[N+]=N.O=S(=O)(O)C(F)(F)F.[Ag]. The zero-order chi connectivity index (χ0) is 9.71. The van der Waals surface area contributed by atoms with E-state index in [-0.39, 0.29) is 22.4 Å². The number of rotatable bonds is 0. The zero-order valence-corrected chi connectivity index (χ0v) is 7.35. The molecule has 0 saturated carbocycles. The normalized spacial score (nSPS) is 10.0. The Kier molecular flexibility index (Phi) is 9.29. The Morgan fingerprint density at radius 3 is 1.33 bits per heavy atom. The number of alkyl halides is 3. The molecule has 6 nitrogen and oxygen atoms in total. The van der Waals surface area contributed by atoms with Crippen molar-refractivity contribution in [2.45, 2.75) is 5.51 Å². The zero-order valence-electron chi connectivity index (χ0n) is 5.05. The van der Waals surface area contributed by atoms with Gasteiger partial charge >= 0.3 is 15.6 Å². The van der Waals surface area contributed by atoms with E-state index in [1.54, 1.807) is 0 Å².